The Morgan fingerprint density at radius 1 is 1.33 bits per heavy atom. The van der Waals surface area contributed by atoms with Crippen LogP contribution in [0.5, 0.6) is 0 Å². The molecular formula is C12H15N3. The lowest BCUT2D eigenvalue weighted by Crippen LogP contribution is -2.12. The molecule has 0 radical (unpaired) electrons. The molecule has 0 spiro atoms. The molecule has 0 aliphatic carbocycles. The molecule has 0 aliphatic rings. The highest BCUT2D eigenvalue weighted by atomic mass is 14.9. The van der Waals surface area contributed by atoms with Crippen molar-refractivity contribution in [2.75, 3.05) is 6.54 Å². The largest absolute Gasteiger partial charge is 0.345 e. The summed E-state index contributed by atoms with van der Waals surface area (Å²) in [5.74, 6) is 0.934. The number of benzene rings is 1. The van der Waals surface area contributed by atoms with Crippen molar-refractivity contribution in [1.82, 2.24) is 15.3 Å². The lowest BCUT2D eigenvalue weighted by atomic mass is 10.1. The average Bonchev–Trinajstić information content (AvgIpc) is 2.80. The summed E-state index contributed by atoms with van der Waals surface area (Å²) in [7, 11) is 0. The summed E-state index contributed by atoms with van der Waals surface area (Å²) in [6, 6.07) is 8.30. The molecule has 2 rings (SSSR count). The first-order valence-electron chi connectivity index (χ1n) is 5.20. The fourth-order valence-corrected chi connectivity index (χ4v) is 1.58. The molecule has 78 valence electrons. The molecule has 0 bridgehead atoms. The molecular weight excluding hydrogens is 186 g/mol. The van der Waals surface area contributed by atoms with Gasteiger partial charge in [-0.25, -0.2) is 4.98 Å². The SMILES string of the molecule is CCNCc1ccccc1-c1ncc[nH]1. The van der Waals surface area contributed by atoms with Crippen LogP contribution in [0.2, 0.25) is 0 Å². The first kappa shape index (κ1) is 9.93. The summed E-state index contributed by atoms with van der Waals surface area (Å²) in [5, 5.41) is 3.33. The Labute approximate surface area is 89.6 Å². The van der Waals surface area contributed by atoms with Crippen molar-refractivity contribution in [2.45, 2.75) is 13.5 Å². The lowest BCUT2D eigenvalue weighted by Gasteiger charge is -2.07. The van der Waals surface area contributed by atoms with Gasteiger partial charge < -0.3 is 10.3 Å². The van der Waals surface area contributed by atoms with Gasteiger partial charge in [-0.3, -0.25) is 0 Å². The Morgan fingerprint density at radius 3 is 2.93 bits per heavy atom. The van der Waals surface area contributed by atoms with Gasteiger partial charge in [-0.1, -0.05) is 31.2 Å². The Kier molecular flexibility index (Phi) is 3.15. The number of aromatic amines is 1. The third kappa shape index (κ3) is 2.25. The van der Waals surface area contributed by atoms with Crippen molar-refractivity contribution in [1.29, 1.82) is 0 Å². The van der Waals surface area contributed by atoms with Crippen molar-refractivity contribution < 1.29 is 0 Å². The van der Waals surface area contributed by atoms with E-state index in [1.807, 2.05) is 12.3 Å². The quantitative estimate of drug-likeness (QED) is 0.796. The summed E-state index contributed by atoms with van der Waals surface area (Å²) in [4.78, 5) is 7.40. The van der Waals surface area contributed by atoms with Crippen molar-refractivity contribution in [3.8, 4) is 11.4 Å². The van der Waals surface area contributed by atoms with Crippen LogP contribution in [0.25, 0.3) is 11.4 Å². The van der Waals surface area contributed by atoms with Crippen molar-refractivity contribution in [3.05, 3.63) is 42.2 Å². The molecule has 0 atom stereocenters. The molecule has 0 aliphatic heterocycles. The van der Waals surface area contributed by atoms with Gasteiger partial charge in [-0.2, -0.15) is 0 Å². The van der Waals surface area contributed by atoms with Gasteiger partial charge in [0.2, 0.25) is 0 Å². The van der Waals surface area contributed by atoms with E-state index in [9.17, 15) is 0 Å². The van der Waals surface area contributed by atoms with Gasteiger partial charge in [0.05, 0.1) is 0 Å². The Bertz CT molecular complexity index is 407. The van der Waals surface area contributed by atoms with Gasteiger partial charge in [0, 0.05) is 24.5 Å². The van der Waals surface area contributed by atoms with Gasteiger partial charge in [-0.05, 0) is 12.1 Å². The summed E-state index contributed by atoms with van der Waals surface area (Å²) < 4.78 is 0. The molecule has 1 aromatic heterocycles. The molecule has 1 heterocycles. The third-order valence-corrected chi connectivity index (χ3v) is 2.34. The topological polar surface area (TPSA) is 40.7 Å². The maximum atomic E-state index is 4.27. The minimum Gasteiger partial charge on any atom is -0.345 e. The number of imidazole rings is 1. The molecule has 2 aromatic rings. The number of aromatic nitrogens is 2. The van der Waals surface area contributed by atoms with Crippen LogP contribution < -0.4 is 5.32 Å². The van der Waals surface area contributed by atoms with Gasteiger partial charge >= 0.3 is 0 Å². The van der Waals surface area contributed by atoms with Gasteiger partial charge in [0.1, 0.15) is 5.82 Å². The highest BCUT2D eigenvalue weighted by Crippen LogP contribution is 2.19. The molecule has 3 nitrogen and oxygen atoms in total. The van der Waals surface area contributed by atoms with Gasteiger partial charge in [0.25, 0.3) is 0 Å². The lowest BCUT2D eigenvalue weighted by molar-refractivity contribution is 0.727. The Hall–Kier alpha value is -1.61. The smallest absolute Gasteiger partial charge is 0.137 e. The van der Waals surface area contributed by atoms with Crippen molar-refractivity contribution >= 4 is 0 Å². The van der Waals surface area contributed by atoms with E-state index in [1.165, 1.54) is 11.1 Å². The molecule has 0 saturated carbocycles. The number of nitrogens with zero attached hydrogens (tertiary/aromatic N) is 1. The number of H-pyrrole nitrogens is 1. The normalized spacial score (nSPS) is 10.5. The van der Waals surface area contributed by atoms with E-state index in [0.29, 0.717) is 0 Å². The predicted octanol–water partition coefficient (Wildman–Crippen LogP) is 2.19. The van der Waals surface area contributed by atoms with E-state index in [4.69, 9.17) is 0 Å². The minimum absolute atomic E-state index is 0.882. The minimum atomic E-state index is 0.882. The number of nitrogens with one attached hydrogen (secondary N) is 2. The monoisotopic (exact) mass is 201 g/mol. The molecule has 0 amide bonds. The van der Waals surface area contributed by atoms with Crippen LogP contribution in [0.15, 0.2) is 36.7 Å². The maximum Gasteiger partial charge on any atom is 0.137 e. The molecule has 15 heavy (non-hydrogen) atoms. The zero-order valence-electron chi connectivity index (χ0n) is 8.83. The predicted molar refractivity (Wildman–Crippen MR) is 61.4 cm³/mol. The molecule has 2 N–H and O–H groups in total. The van der Waals surface area contributed by atoms with Crippen LogP contribution in [0.1, 0.15) is 12.5 Å². The van der Waals surface area contributed by atoms with E-state index in [0.717, 1.165) is 18.9 Å². The van der Waals surface area contributed by atoms with Crippen LogP contribution in [0, 0.1) is 0 Å². The first-order valence-corrected chi connectivity index (χ1v) is 5.20. The third-order valence-electron chi connectivity index (χ3n) is 2.34. The Morgan fingerprint density at radius 2 is 2.20 bits per heavy atom. The summed E-state index contributed by atoms with van der Waals surface area (Å²) >= 11 is 0. The van der Waals surface area contributed by atoms with Crippen molar-refractivity contribution in [2.24, 2.45) is 0 Å². The van der Waals surface area contributed by atoms with Crippen molar-refractivity contribution in [3.63, 3.8) is 0 Å². The zero-order chi connectivity index (χ0) is 10.5. The number of hydrogen-bond donors (Lipinski definition) is 2. The van der Waals surface area contributed by atoms with E-state index in [2.05, 4.69) is 40.4 Å². The van der Waals surface area contributed by atoms with Crippen LogP contribution in [0.4, 0.5) is 0 Å². The summed E-state index contributed by atoms with van der Waals surface area (Å²) in [6.45, 7) is 3.97. The van der Waals surface area contributed by atoms with E-state index in [-0.39, 0.29) is 0 Å². The zero-order valence-corrected chi connectivity index (χ0v) is 8.83. The fourth-order valence-electron chi connectivity index (χ4n) is 1.58. The fraction of sp³-hybridized carbons (Fsp3) is 0.250. The average molecular weight is 201 g/mol. The molecule has 0 saturated heterocycles. The standard InChI is InChI=1S/C12H15N3/c1-2-13-9-10-5-3-4-6-11(10)12-14-7-8-15-12/h3-8,13H,2,9H2,1H3,(H,14,15). The highest BCUT2D eigenvalue weighted by molar-refractivity contribution is 5.59. The second-order valence-corrected chi connectivity index (χ2v) is 3.38. The Balaban J connectivity index is 2.30. The van der Waals surface area contributed by atoms with Crippen LogP contribution in [0.3, 0.4) is 0 Å². The van der Waals surface area contributed by atoms with Gasteiger partial charge in [0.15, 0.2) is 0 Å². The number of hydrogen-bond acceptors (Lipinski definition) is 2. The van der Waals surface area contributed by atoms with E-state index in [1.54, 1.807) is 6.20 Å². The molecule has 0 unspecified atom stereocenters. The highest BCUT2D eigenvalue weighted by Gasteiger charge is 2.04. The van der Waals surface area contributed by atoms with Crippen LogP contribution in [-0.2, 0) is 6.54 Å². The van der Waals surface area contributed by atoms with Gasteiger partial charge in [-0.15, -0.1) is 0 Å². The summed E-state index contributed by atoms with van der Waals surface area (Å²) in [5.41, 5.74) is 2.44. The maximum absolute atomic E-state index is 4.27. The number of rotatable bonds is 4. The second kappa shape index (κ2) is 4.75. The first-order chi connectivity index (χ1) is 7.42. The second-order valence-electron chi connectivity index (χ2n) is 3.38. The molecule has 0 fully saturated rings. The van der Waals surface area contributed by atoms with Crippen LogP contribution in [-0.4, -0.2) is 16.5 Å². The van der Waals surface area contributed by atoms with Crippen LogP contribution >= 0.6 is 0 Å². The van der Waals surface area contributed by atoms with E-state index >= 15 is 0 Å². The van der Waals surface area contributed by atoms with E-state index < -0.39 is 0 Å². The molecule has 3 heteroatoms. The summed E-state index contributed by atoms with van der Waals surface area (Å²) in [6.07, 6.45) is 3.62. The molecule has 1 aromatic carbocycles.